The molecule has 20 heavy (non-hydrogen) atoms. The number of ether oxygens (including phenoxy) is 1. The van der Waals surface area contributed by atoms with Crippen LogP contribution in [0.3, 0.4) is 0 Å². The summed E-state index contributed by atoms with van der Waals surface area (Å²) in [6.07, 6.45) is 3.55. The third-order valence-corrected chi connectivity index (χ3v) is 4.86. The molecule has 0 bridgehead atoms. The molecule has 2 unspecified atom stereocenters. The highest BCUT2D eigenvalue weighted by atomic mass is 16.5. The standard InChI is InChI=1S/C18H26O2/c1-10-8-7-9-16-13(4)18(14(5)20-15(6)19)12(3)11(2)17(10)16/h10,14H,7-9H2,1-6H3. The van der Waals surface area contributed by atoms with E-state index in [1.54, 1.807) is 5.56 Å². The SMILES string of the molecule is CC(=O)OC(C)c1c(C)c(C)c2c(c1C)CCCC2C. The molecule has 2 heteroatoms. The first-order valence-corrected chi connectivity index (χ1v) is 7.64. The lowest BCUT2D eigenvalue weighted by atomic mass is 9.75. The number of rotatable bonds is 2. The lowest BCUT2D eigenvalue weighted by Crippen LogP contribution is -2.17. The Balaban J connectivity index is 2.60. The van der Waals surface area contributed by atoms with Crippen molar-refractivity contribution in [1.29, 1.82) is 0 Å². The minimum Gasteiger partial charge on any atom is -0.458 e. The van der Waals surface area contributed by atoms with Gasteiger partial charge in [-0.1, -0.05) is 6.92 Å². The molecule has 0 amide bonds. The number of hydrogen-bond donors (Lipinski definition) is 0. The number of carbonyl (C=O) groups is 1. The van der Waals surface area contributed by atoms with Gasteiger partial charge in [0.15, 0.2) is 0 Å². The molecule has 0 fully saturated rings. The normalized spacial score (nSPS) is 19.4. The fourth-order valence-electron chi connectivity index (χ4n) is 3.91. The highest BCUT2D eigenvalue weighted by molar-refractivity contribution is 5.66. The van der Waals surface area contributed by atoms with E-state index in [1.165, 1.54) is 47.6 Å². The Morgan fingerprint density at radius 3 is 2.45 bits per heavy atom. The van der Waals surface area contributed by atoms with Gasteiger partial charge in [-0.15, -0.1) is 0 Å². The van der Waals surface area contributed by atoms with Crippen molar-refractivity contribution in [2.75, 3.05) is 0 Å². The number of benzene rings is 1. The van der Waals surface area contributed by atoms with E-state index in [4.69, 9.17) is 4.74 Å². The molecule has 0 heterocycles. The second kappa shape index (κ2) is 5.59. The van der Waals surface area contributed by atoms with E-state index in [0.717, 1.165) is 6.42 Å². The Bertz CT molecular complexity index is 543. The zero-order chi connectivity index (χ0) is 15.0. The van der Waals surface area contributed by atoms with Gasteiger partial charge in [0, 0.05) is 6.92 Å². The molecule has 1 aromatic rings. The van der Waals surface area contributed by atoms with Gasteiger partial charge in [0.05, 0.1) is 0 Å². The summed E-state index contributed by atoms with van der Waals surface area (Å²) >= 11 is 0. The number of fused-ring (bicyclic) bond motifs is 1. The second-order valence-electron chi connectivity index (χ2n) is 6.23. The van der Waals surface area contributed by atoms with Gasteiger partial charge in [0.25, 0.3) is 0 Å². The fourth-order valence-corrected chi connectivity index (χ4v) is 3.91. The average Bonchev–Trinajstić information content (AvgIpc) is 2.35. The molecule has 1 aliphatic carbocycles. The molecule has 0 aromatic heterocycles. The van der Waals surface area contributed by atoms with Gasteiger partial charge in [-0.2, -0.15) is 0 Å². The van der Waals surface area contributed by atoms with E-state index < -0.39 is 0 Å². The van der Waals surface area contributed by atoms with E-state index >= 15 is 0 Å². The first-order chi connectivity index (χ1) is 9.34. The highest BCUT2D eigenvalue weighted by Crippen LogP contribution is 2.40. The molecule has 0 N–H and O–H groups in total. The molecule has 2 atom stereocenters. The van der Waals surface area contributed by atoms with Gasteiger partial charge in [0.2, 0.25) is 0 Å². The number of esters is 1. The van der Waals surface area contributed by atoms with Crippen LogP contribution in [0.15, 0.2) is 0 Å². The summed E-state index contributed by atoms with van der Waals surface area (Å²) in [6, 6.07) is 0. The highest BCUT2D eigenvalue weighted by Gasteiger charge is 2.26. The van der Waals surface area contributed by atoms with E-state index in [-0.39, 0.29) is 12.1 Å². The van der Waals surface area contributed by atoms with Crippen LogP contribution in [0.1, 0.15) is 79.0 Å². The molecule has 0 radical (unpaired) electrons. The smallest absolute Gasteiger partial charge is 0.303 e. The van der Waals surface area contributed by atoms with Crippen molar-refractivity contribution in [3.05, 3.63) is 33.4 Å². The topological polar surface area (TPSA) is 26.3 Å². The van der Waals surface area contributed by atoms with Gasteiger partial charge in [-0.25, -0.2) is 0 Å². The van der Waals surface area contributed by atoms with Crippen molar-refractivity contribution < 1.29 is 9.53 Å². The Labute approximate surface area is 122 Å². The number of carbonyl (C=O) groups excluding carboxylic acids is 1. The van der Waals surface area contributed by atoms with Crippen molar-refractivity contribution in [3.8, 4) is 0 Å². The van der Waals surface area contributed by atoms with Crippen molar-refractivity contribution in [3.63, 3.8) is 0 Å². The van der Waals surface area contributed by atoms with Crippen molar-refractivity contribution in [2.24, 2.45) is 0 Å². The Morgan fingerprint density at radius 1 is 1.20 bits per heavy atom. The monoisotopic (exact) mass is 274 g/mol. The lowest BCUT2D eigenvalue weighted by Gasteiger charge is -2.31. The number of hydrogen-bond acceptors (Lipinski definition) is 2. The molecule has 2 nitrogen and oxygen atoms in total. The molecule has 0 saturated heterocycles. The summed E-state index contributed by atoms with van der Waals surface area (Å²) in [5, 5.41) is 0. The lowest BCUT2D eigenvalue weighted by molar-refractivity contribution is -0.145. The van der Waals surface area contributed by atoms with Crippen molar-refractivity contribution in [1.82, 2.24) is 0 Å². The predicted molar refractivity (Wildman–Crippen MR) is 82.2 cm³/mol. The van der Waals surface area contributed by atoms with Crippen LogP contribution in [0.25, 0.3) is 0 Å². The maximum Gasteiger partial charge on any atom is 0.303 e. The maximum absolute atomic E-state index is 11.3. The molecule has 0 aliphatic heterocycles. The Hall–Kier alpha value is -1.31. The second-order valence-corrected chi connectivity index (χ2v) is 6.23. The molecular formula is C18H26O2. The molecule has 1 aromatic carbocycles. The minimum absolute atomic E-state index is 0.159. The fraction of sp³-hybridized carbons (Fsp3) is 0.611. The first kappa shape index (κ1) is 15.1. The van der Waals surface area contributed by atoms with E-state index in [9.17, 15) is 4.79 Å². The average molecular weight is 274 g/mol. The molecule has 1 aliphatic rings. The Kier molecular flexibility index (Phi) is 4.22. The van der Waals surface area contributed by atoms with E-state index in [1.807, 2.05) is 6.92 Å². The summed E-state index contributed by atoms with van der Waals surface area (Å²) < 4.78 is 5.43. The largest absolute Gasteiger partial charge is 0.458 e. The van der Waals surface area contributed by atoms with Crippen molar-refractivity contribution in [2.45, 2.75) is 72.8 Å². The first-order valence-electron chi connectivity index (χ1n) is 7.64. The molecule has 0 spiro atoms. The predicted octanol–water partition coefficient (Wildman–Crippen LogP) is 4.68. The summed E-state index contributed by atoms with van der Waals surface area (Å²) in [4.78, 5) is 11.3. The van der Waals surface area contributed by atoms with Crippen LogP contribution in [0.4, 0.5) is 0 Å². The van der Waals surface area contributed by atoms with Gasteiger partial charge in [-0.3, -0.25) is 4.79 Å². The zero-order valence-electron chi connectivity index (χ0n) is 13.6. The Morgan fingerprint density at radius 2 is 1.85 bits per heavy atom. The quantitative estimate of drug-likeness (QED) is 0.732. The zero-order valence-corrected chi connectivity index (χ0v) is 13.6. The molecule has 2 rings (SSSR count). The molecular weight excluding hydrogens is 248 g/mol. The van der Waals surface area contributed by atoms with Crippen LogP contribution in [-0.2, 0) is 16.0 Å². The summed E-state index contributed by atoms with van der Waals surface area (Å²) in [7, 11) is 0. The molecule has 0 saturated carbocycles. The van der Waals surface area contributed by atoms with E-state index in [0.29, 0.717) is 5.92 Å². The van der Waals surface area contributed by atoms with Crippen LogP contribution in [0.5, 0.6) is 0 Å². The maximum atomic E-state index is 11.3. The van der Waals surface area contributed by atoms with Crippen LogP contribution in [-0.4, -0.2) is 5.97 Å². The van der Waals surface area contributed by atoms with Gasteiger partial charge >= 0.3 is 5.97 Å². The molecule has 110 valence electrons. The summed E-state index contributed by atoms with van der Waals surface area (Å²) in [6.45, 7) is 12.4. The van der Waals surface area contributed by atoms with Crippen LogP contribution >= 0.6 is 0 Å². The van der Waals surface area contributed by atoms with Crippen LogP contribution < -0.4 is 0 Å². The third-order valence-electron chi connectivity index (χ3n) is 4.86. The third kappa shape index (κ3) is 2.48. The van der Waals surface area contributed by atoms with Crippen molar-refractivity contribution >= 4 is 5.97 Å². The summed E-state index contributed by atoms with van der Waals surface area (Å²) in [5.41, 5.74) is 8.29. The van der Waals surface area contributed by atoms with Crippen LogP contribution in [0.2, 0.25) is 0 Å². The van der Waals surface area contributed by atoms with E-state index in [2.05, 4.69) is 27.7 Å². The van der Waals surface area contributed by atoms with Gasteiger partial charge < -0.3 is 4.74 Å². The van der Waals surface area contributed by atoms with Gasteiger partial charge in [-0.05, 0) is 86.3 Å². The van der Waals surface area contributed by atoms with Gasteiger partial charge in [0.1, 0.15) is 6.10 Å². The van der Waals surface area contributed by atoms with Crippen LogP contribution in [0, 0.1) is 20.8 Å². The summed E-state index contributed by atoms with van der Waals surface area (Å²) in [5.74, 6) is 0.439. The minimum atomic E-state index is -0.208.